The molecule has 0 aromatic heterocycles. The minimum absolute atomic E-state index is 0.276. The van der Waals surface area contributed by atoms with E-state index in [-0.39, 0.29) is 6.04 Å². The molecular weight excluding hydrogens is 274 g/mol. The van der Waals surface area contributed by atoms with Crippen LogP contribution in [0.25, 0.3) is 0 Å². The summed E-state index contributed by atoms with van der Waals surface area (Å²) in [6, 6.07) is 15.8. The van der Waals surface area contributed by atoms with E-state index in [2.05, 4.69) is 53.9 Å². The van der Waals surface area contributed by atoms with Gasteiger partial charge in [-0.3, -0.25) is 0 Å². The van der Waals surface area contributed by atoms with Crippen molar-refractivity contribution < 1.29 is 9.53 Å². The molecule has 112 valence electrons. The molecule has 0 spiro atoms. The van der Waals surface area contributed by atoms with Gasteiger partial charge in [0.05, 0.1) is 7.11 Å². The van der Waals surface area contributed by atoms with Gasteiger partial charge in [-0.05, 0) is 42.7 Å². The van der Waals surface area contributed by atoms with Crippen molar-refractivity contribution in [2.45, 2.75) is 19.9 Å². The zero-order valence-electron chi connectivity index (χ0n) is 13.0. The highest BCUT2D eigenvalue weighted by atomic mass is 16.5. The van der Waals surface area contributed by atoms with Crippen molar-refractivity contribution >= 4 is 11.7 Å². The van der Waals surface area contributed by atoms with Gasteiger partial charge in [-0.2, -0.15) is 0 Å². The molecule has 1 N–H and O–H groups in total. The number of hydrogen-bond acceptors (Lipinski definition) is 3. The lowest BCUT2D eigenvalue weighted by Crippen LogP contribution is -2.10. The van der Waals surface area contributed by atoms with Gasteiger partial charge in [-0.1, -0.05) is 42.3 Å². The molecule has 0 heterocycles. The van der Waals surface area contributed by atoms with E-state index in [0.29, 0.717) is 0 Å². The van der Waals surface area contributed by atoms with Crippen molar-refractivity contribution in [3.8, 4) is 11.8 Å². The standard InChI is InChI=1S/C19H19NO2/c1-14-11-15(2)13-17(12-14)20-18(9-10-19(21)22-3)16-7-5-4-6-8-16/h4-8,11-13,18,20H,1-3H3. The third kappa shape index (κ3) is 4.39. The van der Waals surface area contributed by atoms with Crippen molar-refractivity contribution in [2.24, 2.45) is 0 Å². The summed E-state index contributed by atoms with van der Waals surface area (Å²) in [5, 5.41) is 3.38. The van der Waals surface area contributed by atoms with Crippen molar-refractivity contribution in [1.82, 2.24) is 0 Å². The van der Waals surface area contributed by atoms with Crippen LogP contribution in [0.4, 0.5) is 5.69 Å². The maximum absolute atomic E-state index is 11.3. The molecule has 3 nitrogen and oxygen atoms in total. The normalized spacial score (nSPS) is 11.0. The van der Waals surface area contributed by atoms with Gasteiger partial charge >= 0.3 is 5.97 Å². The Balaban J connectivity index is 2.31. The van der Waals surface area contributed by atoms with Crippen LogP contribution in [0.3, 0.4) is 0 Å². The SMILES string of the molecule is COC(=O)C#CC(Nc1cc(C)cc(C)c1)c1ccccc1. The predicted octanol–water partition coefficient (Wildman–Crippen LogP) is 3.63. The van der Waals surface area contributed by atoms with Crippen molar-refractivity contribution in [2.75, 3.05) is 12.4 Å². The number of carbonyl (C=O) groups is 1. The molecule has 0 amide bonds. The van der Waals surface area contributed by atoms with E-state index in [1.807, 2.05) is 30.3 Å². The number of anilines is 1. The summed E-state index contributed by atoms with van der Waals surface area (Å²) in [5.74, 6) is 4.91. The van der Waals surface area contributed by atoms with E-state index in [9.17, 15) is 4.79 Å². The van der Waals surface area contributed by atoms with Crippen LogP contribution in [-0.4, -0.2) is 13.1 Å². The topological polar surface area (TPSA) is 38.3 Å². The molecule has 0 saturated carbocycles. The predicted molar refractivity (Wildman–Crippen MR) is 88.5 cm³/mol. The first-order chi connectivity index (χ1) is 10.6. The average molecular weight is 293 g/mol. The first-order valence-electron chi connectivity index (χ1n) is 7.08. The van der Waals surface area contributed by atoms with Gasteiger partial charge < -0.3 is 10.1 Å². The van der Waals surface area contributed by atoms with Crippen molar-refractivity contribution in [1.29, 1.82) is 0 Å². The molecule has 1 atom stereocenters. The largest absolute Gasteiger partial charge is 0.459 e. The Bertz CT molecular complexity index is 691. The van der Waals surface area contributed by atoms with Crippen molar-refractivity contribution in [3.05, 3.63) is 65.2 Å². The van der Waals surface area contributed by atoms with Crippen LogP contribution in [0.1, 0.15) is 22.7 Å². The number of hydrogen-bond donors (Lipinski definition) is 1. The first-order valence-corrected chi connectivity index (χ1v) is 7.08. The molecule has 0 bridgehead atoms. The highest BCUT2D eigenvalue weighted by Crippen LogP contribution is 2.21. The third-order valence-electron chi connectivity index (χ3n) is 3.17. The molecule has 0 fully saturated rings. The van der Waals surface area contributed by atoms with Crippen LogP contribution in [0.2, 0.25) is 0 Å². The minimum Gasteiger partial charge on any atom is -0.459 e. The van der Waals surface area contributed by atoms with Gasteiger partial charge in [0.1, 0.15) is 6.04 Å². The van der Waals surface area contributed by atoms with E-state index in [1.165, 1.54) is 18.2 Å². The molecule has 22 heavy (non-hydrogen) atoms. The molecule has 3 heteroatoms. The summed E-state index contributed by atoms with van der Waals surface area (Å²) in [4.78, 5) is 11.3. The molecule has 1 unspecified atom stereocenters. The highest BCUT2D eigenvalue weighted by Gasteiger charge is 2.09. The number of esters is 1. The maximum Gasteiger partial charge on any atom is 0.384 e. The van der Waals surface area contributed by atoms with Crippen LogP contribution in [0, 0.1) is 25.7 Å². The summed E-state index contributed by atoms with van der Waals surface area (Å²) in [5.41, 5.74) is 4.33. The third-order valence-corrected chi connectivity index (χ3v) is 3.17. The van der Waals surface area contributed by atoms with Gasteiger partial charge in [0.2, 0.25) is 0 Å². The van der Waals surface area contributed by atoms with Gasteiger partial charge in [0.15, 0.2) is 0 Å². The fourth-order valence-corrected chi connectivity index (χ4v) is 2.26. The fraction of sp³-hybridized carbons (Fsp3) is 0.211. The Morgan fingerprint density at radius 2 is 1.73 bits per heavy atom. The first kappa shape index (κ1) is 15.7. The number of ether oxygens (including phenoxy) is 1. The lowest BCUT2D eigenvalue weighted by atomic mass is 10.1. The number of methoxy groups -OCH3 is 1. The minimum atomic E-state index is -0.539. The van der Waals surface area contributed by atoms with Gasteiger partial charge in [-0.25, -0.2) is 4.79 Å². The molecule has 2 aromatic carbocycles. The Hall–Kier alpha value is -2.73. The summed E-state index contributed by atoms with van der Waals surface area (Å²) < 4.78 is 4.58. The molecule has 0 aliphatic rings. The molecule has 2 rings (SSSR count). The zero-order valence-corrected chi connectivity index (χ0v) is 13.0. The Morgan fingerprint density at radius 3 is 2.32 bits per heavy atom. The van der Waals surface area contributed by atoms with Crippen LogP contribution in [-0.2, 0) is 9.53 Å². The van der Waals surface area contributed by atoms with E-state index in [0.717, 1.165) is 11.3 Å². The average Bonchev–Trinajstić information content (AvgIpc) is 2.51. The molecule has 0 aliphatic carbocycles. The number of nitrogens with one attached hydrogen (secondary N) is 1. The van der Waals surface area contributed by atoms with Crippen molar-refractivity contribution in [3.63, 3.8) is 0 Å². The summed E-state index contributed by atoms with van der Waals surface area (Å²) in [6.07, 6.45) is 0. The van der Waals surface area contributed by atoms with Gasteiger partial charge in [0.25, 0.3) is 0 Å². The number of rotatable bonds is 3. The molecule has 0 radical (unpaired) electrons. The van der Waals surface area contributed by atoms with E-state index in [4.69, 9.17) is 0 Å². The number of carbonyl (C=O) groups excluding carboxylic acids is 1. The summed E-state index contributed by atoms with van der Waals surface area (Å²) in [7, 11) is 1.33. The van der Waals surface area contributed by atoms with Crippen LogP contribution >= 0.6 is 0 Å². The zero-order chi connectivity index (χ0) is 15.9. The van der Waals surface area contributed by atoms with Crippen LogP contribution in [0.15, 0.2) is 48.5 Å². The smallest absolute Gasteiger partial charge is 0.384 e. The highest BCUT2D eigenvalue weighted by molar-refractivity contribution is 5.88. The monoisotopic (exact) mass is 293 g/mol. The quantitative estimate of drug-likeness (QED) is 0.533. The Kier molecular flexibility index (Phi) is 5.21. The van der Waals surface area contributed by atoms with Gasteiger partial charge in [-0.15, -0.1) is 0 Å². The summed E-state index contributed by atoms with van der Waals surface area (Å²) in [6.45, 7) is 4.10. The van der Waals surface area contributed by atoms with E-state index in [1.54, 1.807) is 0 Å². The van der Waals surface area contributed by atoms with E-state index < -0.39 is 5.97 Å². The van der Waals surface area contributed by atoms with Crippen LogP contribution in [0.5, 0.6) is 0 Å². The molecule has 2 aromatic rings. The number of benzene rings is 2. The molecule has 0 aliphatic heterocycles. The second-order valence-corrected chi connectivity index (χ2v) is 5.13. The Labute approximate surface area is 131 Å². The van der Waals surface area contributed by atoms with Gasteiger partial charge in [0, 0.05) is 11.6 Å². The lowest BCUT2D eigenvalue weighted by molar-refractivity contribution is -0.133. The van der Waals surface area contributed by atoms with Crippen LogP contribution < -0.4 is 5.32 Å². The maximum atomic E-state index is 11.3. The Morgan fingerprint density at radius 1 is 1.09 bits per heavy atom. The molecule has 0 saturated heterocycles. The molecular formula is C19H19NO2. The second kappa shape index (κ2) is 7.33. The van der Waals surface area contributed by atoms with E-state index >= 15 is 0 Å². The fourth-order valence-electron chi connectivity index (χ4n) is 2.26. The second-order valence-electron chi connectivity index (χ2n) is 5.13. The lowest BCUT2D eigenvalue weighted by Gasteiger charge is -2.16. The summed E-state index contributed by atoms with van der Waals surface area (Å²) >= 11 is 0. The number of aryl methyl sites for hydroxylation is 2.